The molecule has 83 heavy (non-hydrogen) atoms. The summed E-state index contributed by atoms with van der Waals surface area (Å²) in [4.78, 5) is 0. The molecular weight excluding hydrogens is 997 g/mol. The van der Waals surface area contributed by atoms with Gasteiger partial charge in [0.05, 0.1) is 16.2 Å². The number of benzene rings is 14. The smallest absolute Gasteiger partial charge is 0.0619 e. The summed E-state index contributed by atoms with van der Waals surface area (Å²) in [5.41, 5.74) is 32.7. The largest absolute Gasteiger partial charge is 0.0725 e. The van der Waals surface area contributed by atoms with E-state index >= 15 is 0 Å². The average molecular weight is 1050 g/mol. The monoisotopic (exact) mass is 1050 g/mol. The van der Waals surface area contributed by atoms with Gasteiger partial charge in [-0.25, -0.2) is 0 Å². The molecule has 5 aliphatic rings. The van der Waals surface area contributed by atoms with Gasteiger partial charge in [-0.3, -0.25) is 0 Å². The van der Waals surface area contributed by atoms with Crippen molar-refractivity contribution in [3.05, 3.63) is 370 Å². The molecule has 0 saturated carbocycles. The molecule has 0 aromatic heterocycles. The van der Waals surface area contributed by atoms with Crippen molar-refractivity contribution in [2.45, 2.75) is 16.2 Å². The SMILES string of the molecule is c1ccc2c(c1)-c1ccccc1C21c2ccccc2-c2cc(-c3cccc4c(C5(c6cccc7c(-c8ccc9c(c8)-c8ccccc8C98c9ccccc9-c9ccccc98)cccc67)c6ccccc6-c6ccccc65)cccc34)ccc21. The molecule has 0 heteroatoms. The van der Waals surface area contributed by atoms with E-state index in [-0.39, 0.29) is 10.8 Å². The van der Waals surface area contributed by atoms with E-state index in [0.29, 0.717) is 0 Å². The van der Waals surface area contributed by atoms with Crippen LogP contribution in [0, 0.1) is 0 Å². The maximum atomic E-state index is 2.50. The summed E-state index contributed by atoms with van der Waals surface area (Å²) in [5.74, 6) is 0. The normalized spacial score (nSPS) is 14.8. The third-order valence-electron chi connectivity index (χ3n) is 20.2. The Balaban J connectivity index is 0.817. The van der Waals surface area contributed by atoms with E-state index in [1.807, 2.05) is 0 Å². The van der Waals surface area contributed by atoms with Crippen LogP contribution in [0.1, 0.15) is 66.8 Å². The first-order valence-electron chi connectivity index (χ1n) is 29.3. The molecule has 0 atom stereocenters. The Morgan fingerprint density at radius 1 is 0.133 bits per heavy atom. The maximum absolute atomic E-state index is 2.50. The summed E-state index contributed by atoms with van der Waals surface area (Å²) in [6.07, 6.45) is 0. The fourth-order valence-corrected chi connectivity index (χ4v) is 17.3. The molecule has 14 aromatic carbocycles. The summed E-state index contributed by atoms with van der Waals surface area (Å²) in [5, 5.41) is 4.99. The zero-order valence-electron chi connectivity index (χ0n) is 45.4. The Bertz CT molecular complexity index is 4760. The van der Waals surface area contributed by atoms with Gasteiger partial charge < -0.3 is 0 Å². The first kappa shape index (κ1) is 45.3. The van der Waals surface area contributed by atoms with Crippen LogP contribution in [-0.4, -0.2) is 0 Å². The lowest BCUT2D eigenvalue weighted by atomic mass is 9.65. The van der Waals surface area contributed by atoms with E-state index in [9.17, 15) is 0 Å². The topological polar surface area (TPSA) is 0 Å². The van der Waals surface area contributed by atoms with Crippen LogP contribution in [0.4, 0.5) is 0 Å². The van der Waals surface area contributed by atoms with Crippen LogP contribution in [0.25, 0.3) is 99.4 Å². The number of fused-ring (bicyclic) bond motifs is 25. The van der Waals surface area contributed by atoms with Gasteiger partial charge in [0, 0.05) is 0 Å². The van der Waals surface area contributed by atoms with Crippen LogP contribution in [0.2, 0.25) is 0 Å². The van der Waals surface area contributed by atoms with Gasteiger partial charge in [-0.05, 0) is 178 Å². The minimum absolute atomic E-state index is 0.387. The first-order valence-corrected chi connectivity index (χ1v) is 29.3. The lowest BCUT2D eigenvalue weighted by molar-refractivity contribution is 0.784. The third kappa shape index (κ3) is 5.48. The van der Waals surface area contributed by atoms with E-state index in [4.69, 9.17) is 0 Å². The van der Waals surface area contributed by atoms with Gasteiger partial charge in [0.15, 0.2) is 0 Å². The molecule has 0 nitrogen and oxygen atoms in total. The average Bonchev–Trinajstić information content (AvgIpc) is 1.66. The molecule has 0 heterocycles. The van der Waals surface area contributed by atoms with Crippen LogP contribution in [0.5, 0.6) is 0 Å². The Hall–Kier alpha value is -10.4. The van der Waals surface area contributed by atoms with Crippen LogP contribution < -0.4 is 0 Å². The lowest BCUT2D eigenvalue weighted by Crippen LogP contribution is -2.29. The molecule has 0 radical (unpaired) electrons. The van der Waals surface area contributed by atoms with Crippen molar-refractivity contribution in [1.29, 1.82) is 0 Å². The maximum Gasteiger partial charge on any atom is 0.0725 e. The second kappa shape index (κ2) is 16.4. The summed E-state index contributed by atoms with van der Waals surface area (Å²) >= 11 is 0. The number of hydrogen-bond donors (Lipinski definition) is 0. The van der Waals surface area contributed by atoms with Crippen molar-refractivity contribution in [3.63, 3.8) is 0 Å². The Kier molecular flexibility index (Phi) is 8.95. The standard InChI is InChI=1S/C83H50/c1-9-35-69-59(21-1)60-22-2-10-36-70(60)81(69,77-43-19-31-55-53(29-17-33-57(55)77)51-45-47-79-67(49-51)65-27-7-15-41-75(65)82(79)71-37-11-3-23-61(71)62-24-4-12-38-72(62)82)78-44-20-32-56-54(30-18-34-58(56)78)52-46-48-80-68(50-52)66-28-8-16-42-76(66)83(80)73-39-13-5-25-63(73)64-26-6-14-40-74(64)83/h1-50H. The predicted octanol–water partition coefficient (Wildman–Crippen LogP) is 20.4. The van der Waals surface area contributed by atoms with E-state index in [1.165, 1.54) is 166 Å². The van der Waals surface area contributed by atoms with Crippen molar-refractivity contribution >= 4 is 21.5 Å². The molecular formula is C83H50. The molecule has 2 spiro atoms. The van der Waals surface area contributed by atoms with E-state index in [1.54, 1.807) is 0 Å². The molecule has 0 amide bonds. The van der Waals surface area contributed by atoms with Crippen LogP contribution in [-0.2, 0) is 16.2 Å². The third-order valence-corrected chi connectivity index (χ3v) is 20.2. The molecule has 0 N–H and O–H groups in total. The van der Waals surface area contributed by atoms with Gasteiger partial charge in [0.1, 0.15) is 0 Å². The molecule has 19 rings (SSSR count). The molecule has 14 aromatic rings. The molecule has 382 valence electrons. The minimum Gasteiger partial charge on any atom is -0.0619 e. The van der Waals surface area contributed by atoms with Crippen molar-refractivity contribution in [2.75, 3.05) is 0 Å². The summed E-state index contributed by atoms with van der Waals surface area (Å²) in [7, 11) is 0. The van der Waals surface area contributed by atoms with Crippen molar-refractivity contribution < 1.29 is 0 Å². The predicted molar refractivity (Wildman–Crippen MR) is 342 cm³/mol. The Labute approximate surface area is 482 Å². The fraction of sp³-hybridized carbons (Fsp3) is 0.0361. The highest BCUT2D eigenvalue weighted by Crippen LogP contribution is 2.66. The van der Waals surface area contributed by atoms with Gasteiger partial charge in [-0.1, -0.05) is 291 Å². The molecule has 0 fully saturated rings. The van der Waals surface area contributed by atoms with Gasteiger partial charge in [-0.15, -0.1) is 0 Å². The first-order chi connectivity index (χ1) is 41.2. The highest BCUT2D eigenvalue weighted by Gasteiger charge is 2.54. The van der Waals surface area contributed by atoms with Crippen molar-refractivity contribution in [2.24, 2.45) is 0 Å². The summed E-state index contributed by atoms with van der Waals surface area (Å²) in [6.45, 7) is 0. The lowest BCUT2D eigenvalue weighted by Gasteiger charge is -2.36. The van der Waals surface area contributed by atoms with E-state index in [2.05, 4.69) is 303 Å². The Morgan fingerprint density at radius 3 is 0.639 bits per heavy atom. The minimum atomic E-state index is -0.664. The summed E-state index contributed by atoms with van der Waals surface area (Å²) < 4.78 is 0. The second-order valence-corrected chi connectivity index (χ2v) is 23.5. The van der Waals surface area contributed by atoms with Crippen molar-refractivity contribution in [3.8, 4) is 77.9 Å². The molecule has 0 unspecified atom stereocenters. The second-order valence-electron chi connectivity index (χ2n) is 23.5. The Morgan fingerprint density at radius 2 is 0.337 bits per heavy atom. The molecule has 0 saturated heterocycles. The van der Waals surface area contributed by atoms with Gasteiger partial charge in [0.2, 0.25) is 0 Å². The molecule has 0 aliphatic heterocycles. The number of hydrogen-bond acceptors (Lipinski definition) is 0. The van der Waals surface area contributed by atoms with Gasteiger partial charge in [-0.2, -0.15) is 0 Å². The highest BCUT2D eigenvalue weighted by molar-refractivity contribution is 6.07. The highest BCUT2D eigenvalue weighted by atomic mass is 14.5. The quantitative estimate of drug-likeness (QED) is 0.165. The van der Waals surface area contributed by atoms with E-state index in [0.717, 1.165) is 0 Å². The zero-order valence-corrected chi connectivity index (χ0v) is 45.4. The molecule has 5 aliphatic carbocycles. The van der Waals surface area contributed by atoms with E-state index < -0.39 is 5.41 Å². The van der Waals surface area contributed by atoms with Crippen LogP contribution >= 0.6 is 0 Å². The van der Waals surface area contributed by atoms with Gasteiger partial charge in [0.25, 0.3) is 0 Å². The van der Waals surface area contributed by atoms with Gasteiger partial charge >= 0.3 is 0 Å². The zero-order chi connectivity index (χ0) is 54.2. The number of rotatable bonds is 4. The summed E-state index contributed by atoms with van der Waals surface area (Å²) in [6, 6.07) is 116. The van der Waals surface area contributed by atoms with Crippen LogP contribution in [0.3, 0.4) is 0 Å². The van der Waals surface area contributed by atoms with Crippen molar-refractivity contribution in [1.82, 2.24) is 0 Å². The fourth-order valence-electron chi connectivity index (χ4n) is 17.3. The molecule has 0 bridgehead atoms. The van der Waals surface area contributed by atoms with Crippen LogP contribution in [0.15, 0.2) is 303 Å².